The Morgan fingerprint density at radius 1 is 1.00 bits per heavy atom. The quantitative estimate of drug-likeness (QED) is 0.459. The number of benzene rings is 2. The van der Waals surface area contributed by atoms with Crippen LogP contribution in [-0.2, 0) is 14.3 Å². The zero-order chi connectivity index (χ0) is 24.8. The summed E-state index contributed by atoms with van der Waals surface area (Å²) in [7, 11) is 0. The number of ether oxygens (including phenoxy) is 1. The average Bonchev–Trinajstić information content (AvgIpc) is 3.48. The normalized spacial score (nSPS) is 16.7. The largest absolute Gasteiger partial charge is 0.481 e. The van der Waals surface area contributed by atoms with E-state index in [0.29, 0.717) is 19.3 Å². The van der Waals surface area contributed by atoms with Crippen LogP contribution in [0.15, 0.2) is 48.5 Å². The molecule has 2 aromatic rings. The lowest BCUT2D eigenvalue weighted by molar-refractivity contribution is -0.148. The van der Waals surface area contributed by atoms with Crippen molar-refractivity contribution in [2.75, 3.05) is 19.7 Å². The predicted molar refractivity (Wildman–Crippen MR) is 133 cm³/mol. The molecule has 4 rings (SSSR count). The minimum Gasteiger partial charge on any atom is -0.481 e. The molecule has 0 heterocycles. The zero-order valence-corrected chi connectivity index (χ0v) is 20.2. The lowest BCUT2D eigenvalue weighted by Gasteiger charge is -2.25. The molecule has 0 aromatic heterocycles. The first-order valence-electron chi connectivity index (χ1n) is 12.5. The summed E-state index contributed by atoms with van der Waals surface area (Å²) in [5.41, 5.74) is 3.75. The van der Waals surface area contributed by atoms with Gasteiger partial charge in [0.05, 0.1) is 11.3 Å². The summed E-state index contributed by atoms with van der Waals surface area (Å²) >= 11 is 0. The number of carboxylic acid groups (broad SMARTS) is 1. The van der Waals surface area contributed by atoms with Crippen molar-refractivity contribution in [1.29, 1.82) is 0 Å². The molecule has 186 valence electrons. The van der Waals surface area contributed by atoms with Gasteiger partial charge < -0.3 is 20.5 Å². The maximum atomic E-state index is 12.8. The van der Waals surface area contributed by atoms with E-state index in [1.807, 2.05) is 31.2 Å². The molecule has 1 atom stereocenters. The monoisotopic (exact) mass is 478 g/mol. The average molecular weight is 479 g/mol. The third kappa shape index (κ3) is 5.34. The Morgan fingerprint density at radius 3 is 2.17 bits per heavy atom. The van der Waals surface area contributed by atoms with E-state index in [0.717, 1.165) is 41.5 Å². The molecule has 1 unspecified atom stereocenters. The van der Waals surface area contributed by atoms with Crippen LogP contribution in [0.5, 0.6) is 0 Å². The molecule has 0 saturated heterocycles. The van der Waals surface area contributed by atoms with E-state index in [2.05, 4.69) is 34.9 Å². The summed E-state index contributed by atoms with van der Waals surface area (Å²) in [6.07, 6.45) is 3.70. The van der Waals surface area contributed by atoms with Crippen LogP contribution < -0.4 is 10.6 Å². The highest BCUT2D eigenvalue weighted by molar-refractivity contribution is 5.82. The van der Waals surface area contributed by atoms with Gasteiger partial charge in [0.25, 0.3) is 0 Å². The van der Waals surface area contributed by atoms with Crippen molar-refractivity contribution in [3.8, 4) is 11.1 Å². The maximum absolute atomic E-state index is 12.8. The number of aliphatic carboxylic acids is 1. The van der Waals surface area contributed by atoms with Gasteiger partial charge in [-0.25, -0.2) is 4.79 Å². The van der Waals surface area contributed by atoms with Crippen LogP contribution in [0.25, 0.3) is 11.1 Å². The Morgan fingerprint density at radius 2 is 1.60 bits per heavy atom. The van der Waals surface area contributed by atoms with E-state index in [4.69, 9.17) is 4.74 Å². The summed E-state index contributed by atoms with van der Waals surface area (Å²) in [6, 6.07) is 16.3. The van der Waals surface area contributed by atoms with E-state index in [-0.39, 0.29) is 31.5 Å². The molecule has 1 fully saturated rings. The Balaban J connectivity index is 1.30. The minimum atomic E-state index is -0.868. The van der Waals surface area contributed by atoms with Crippen LogP contribution in [0, 0.1) is 11.3 Å². The molecule has 0 radical (unpaired) electrons. The fourth-order valence-electron chi connectivity index (χ4n) is 5.45. The topological polar surface area (TPSA) is 105 Å². The van der Waals surface area contributed by atoms with Crippen molar-refractivity contribution in [2.45, 2.75) is 51.4 Å². The molecule has 7 nitrogen and oxygen atoms in total. The molecule has 3 N–H and O–H groups in total. The summed E-state index contributed by atoms with van der Waals surface area (Å²) in [5, 5.41) is 15.2. The first-order valence-corrected chi connectivity index (χ1v) is 12.5. The van der Waals surface area contributed by atoms with Crippen molar-refractivity contribution in [1.82, 2.24) is 10.6 Å². The van der Waals surface area contributed by atoms with Crippen molar-refractivity contribution in [3.63, 3.8) is 0 Å². The number of carbonyl (C=O) groups is 3. The Labute approximate surface area is 206 Å². The smallest absolute Gasteiger partial charge is 0.407 e. The van der Waals surface area contributed by atoms with Crippen LogP contribution in [0.2, 0.25) is 0 Å². The minimum absolute atomic E-state index is 0.0264. The summed E-state index contributed by atoms with van der Waals surface area (Å²) in [5.74, 6) is -1.54. The second-order valence-corrected chi connectivity index (χ2v) is 9.70. The SMILES string of the molecule is CCCC(CNC(=O)OCC1c2ccccc2-c2ccccc21)C(=O)NCC1(C(=O)O)CCCC1. The van der Waals surface area contributed by atoms with Gasteiger partial charge in [0, 0.05) is 19.0 Å². The van der Waals surface area contributed by atoms with Crippen LogP contribution >= 0.6 is 0 Å². The number of fused-ring (bicyclic) bond motifs is 3. The Bertz CT molecular complexity index is 1030. The maximum Gasteiger partial charge on any atom is 0.407 e. The van der Waals surface area contributed by atoms with E-state index >= 15 is 0 Å². The number of nitrogens with one attached hydrogen (secondary N) is 2. The van der Waals surface area contributed by atoms with Crippen molar-refractivity contribution < 1.29 is 24.2 Å². The number of hydrogen-bond acceptors (Lipinski definition) is 4. The van der Waals surface area contributed by atoms with E-state index in [9.17, 15) is 19.5 Å². The number of alkyl carbamates (subject to hydrolysis) is 1. The van der Waals surface area contributed by atoms with Crippen LogP contribution in [0.3, 0.4) is 0 Å². The molecule has 0 bridgehead atoms. The summed E-state index contributed by atoms with van der Waals surface area (Å²) < 4.78 is 5.58. The van der Waals surface area contributed by atoms with Gasteiger partial charge in [-0.3, -0.25) is 9.59 Å². The highest BCUT2D eigenvalue weighted by atomic mass is 16.5. The first-order chi connectivity index (χ1) is 16.9. The molecule has 0 spiro atoms. The molecule has 2 aliphatic carbocycles. The van der Waals surface area contributed by atoms with Gasteiger partial charge in [-0.1, -0.05) is 74.7 Å². The number of amides is 2. The van der Waals surface area contributed by atoms with Gasteiger partial charge >= 0.3 is 12.1 Å². The Hall–Kier alpha value is -3.35. The van der Waals surface area contributed by atoms with Crippen molar-refractivity contribution in [2.24, 2.45) is 11.3 Å². The molecule has 2 amide bonds. The summed E-state index contributed by atoms with van der Waals surface area (Å²) in [4.78, 5) is 37.1. The second-order valence-electron chi connectivity index (χ2n) is 9.70. The highest BCUT2D eigenvalue weighted by Gasteiger charge is 2.41. The lowest BCUT2D eigenvalue weighted by atomic mass is 9.86. The number of hydrogen-bond donors (Lipinski definition) is 3. The third-order valence-corrected chi connectivity index (χ3v) is 7.46. The van der Waals surface area contributed by atoms with E-state index in [1.54, 1.807) is 0 Å². The van der Waals surface area contributed by atoms with Crippen LogP contribution in [0.4, 0.5) is 4.79 Å². The number of rotatable bonds is 10. The van der Waals surface area contributed by atoms with Crippen LogP contribution in [0.1, 0.15) is 62.5 Å². The van der Waals surface area contributed by atoms with Gasteiger partial charge in [0.1, 0.15) is 6.61 Å². The van der Waals surface area contributed by atoms with Gasteiger partial charge in [-0.15, -0.1) is 0 Å². The molecule has 1 saturated carbocycles. The fourth-order valence-corrected chi connectivity index (χ4v) is 5.45. The first kappa shape index (κ1) is 24.8. The molecular formula is C28H34N2O5. The molecule has 35 heavy (non-hydrogen) atoms. The van der Waals surface area contributed by atoms with Crippen LogP contribution in [-0.4, -0.2) is 42.8 Å². The summed E-state index contributed by atoms with van der Waals surface area (Å²) in [6.45, 7) is 2.47. The zero-order valence-electron chi connectivity index (χ0n) is 20.2. The van der Waals surface area contributed by atoms with Crippen molar-refractivity contribution in [3.05, 3.63) is 59.7 Å². The van der Waals surface area contributed by atoms with Gasteiger partial charge in [0.15, 0.2) is 0 Å². The number of carbonyl (C=O) groups excluding carboxylic acids is 2. The van der Waals surface area contributed by atoms with E-state index in [1.165, 1.54) is 0 Å². The van der Waals surface area contributed by atoms with Gasteiger partial charge in [0.2, 0.25) is 5.91 Å². The van der Waals surface area contributed by atoms with Crippen molar-refractivity contribution >= 4 is 18.0 Å². The fraction of sp³-hybridized carbons (Fsp3) is 0.464. The third-order valence-electron chi connectivity index (χ3n) is 7.46. The van der Waals surface area contributed by atoms with Gasteiger partial charge in [-0.2, -0.15) is 0 Å². The molecular weight excluding hydrogens is 444 g/mol. The second kappa shape index (κ2) is 10.9. The molecule has 2 aliphatic rings. The molecule has 0 aliphatic heterocycles. The lowest BCUT2D eigenvalue weighted by Crippen LogP contribution is -2.45. The van der Waals surface area contributed by atoms with Gasteiger partial charge in [-0.05, 0) is 41.5 Å². The number of carboxylic acids is 1. The van der Waals surface area contributed by atoms with E-state index < -0.39 is 23.4 Å². The molecule has 7 heteroatoms. The highest BCUT2D eigenvalue weighted by Crippen LogP contribution is 2.44. The molecule has 2 aromatic carbocycles. The standard InChI is InChI=1S/C28H34N2O5/c1-2-9-19(25(31)30-18-28(26(32)33)14-7-8-15-28)16-29-27(34)35-17-24-22-12-5-3-10-20(22)21-11-4-6-13-23(21)24/h3-6,10-13,19,24H,2,7-9,14-18H2,1H3,(H,29,34)(H,30,31)(H,32,33). The predicted octanol–water partition coefficient (Wildman–Crippen LogP) is 4.70. The Kier molecular flexibility index (Phi) is 7.73.